The number of rotatable bonds is 3. The van der Waals surface area contributed by atoms with Crippen molar-refractivity contribution in [2.45, 2.75) is 12.5 Å². The first-order chi connectivity index (χ1) is 8.56. The van der Waals surface area contributed by atoms with Crippen LogP contribution in [-0.2, 0) is 14.3 Å². The van der Waals surface area contributed by atoms with E-state index in [9.17, 15) is 9.59 Å². The maximum atomic E-state index is 11.9. The standard InChI is InChI=1S/C12H21N3O3/c1-14-3-4-18-10(8-14)6-13-12(17)9-5-11(16)15(2)7-9/h9-10H,3-8H2,1-2H3,(H,13,17). The van der Waals surface area contributed by atoms with Crippen LogP contribution in [0.15, 0.2) is 0 Å². The highest BCUT2D eigenvalue weighted by molar-refractivity contribution is 5.89. The molecule has 0 saturated carbocycles. The molecule has 2 aliphatic heterocycles. The average molecular weight is 255 g/mol. The zero-order chi connectivity index (χ0) is 13.1. The molecular formula is C12H21N3O3. The third-order valence-corrected chi connectivity index (χ3v) is 3.56. The number of hydrogen-bond donors (Lipinski definition) is 1. The van der Waals surface area contributed by atoms with Gasteiger partial charge in [-0.15, -0.1) is 0 Å². The monoisotopic (exact) mass is 255 g/mol. The molecule has 6 heteroatoms. The molecule has 0 aromatic rings. The first-order valence-electron chi connectivity index (χ1n) is 6.38. The molecule has 2 saturated heterocycles. The van der Waals surface area contributed by atoms with E-state index in [0.29, 0.717) is 26.1 Å². The molecule has 2 heterocycles. The SMILES string of the molecule is CN1CCOC(CNC(=O)C2CC(=O)N(C)C2)C1. The van der Waals surface area contributed by atoms with Crippen LogP contribution in [0.3, 0.4) is 0 Å². The molecule has 1 N–H and O–H groups in total. The molecule has 2 fully saturated rings. The lowest BCUT2D eigenvalue weighted by Crippen LogP contribution is -2.47. The maximum Gasteiger partial charge on any atom is 0.225 e. The van der Waals surface area contributed by atoms with Crippen LogP contribution < -0.4 is 5.32 Å². The summed E-state index contributed by atoms with van der Waals surface area (Å²) >= 11 is 0. The predicted octanol–water partition coefficient (Wildman–Crippen LogP) is -1.09. The summed E-state index contributed by atoms with van der Waals surface area (Å²) < 4.78 is 5.57. The fourth-order valence-electron chi connectivity index (χ4n) is 2.39. The maximum absolute atomic E-state index is 11.9. The average Bonchev–Trinajstić information content (AvgIpc) is 2.67. The van der Waals surface area contributed by atoms with Gasteiger partial charge >= 0.3 is 0 Å². The van der Waals surface area contributed by atoms with Gasteiger partial charge in [-0.25, -0.2) is 0 Å². The summed E-state index contributed by atoms with van der Waals surface area (Å²) in [4.78, 5) is 27.0. The molecule has 2 unspecified atom stereocenters. The number of amides is 2. The summed E-state index contributed by atoms with van der Waals surface area (Å²) in [5.41, 5.74) is 0. The first kappa shape index (κ1) is 13.3. The van der Waals surface area contributed by atoms with Crippen molar-refractivity contribution in [3.05, 3.63) is 0 Å². The molecular weight excluding hydrogens is 234 g/mol. The third kappa shape index (κ3) is 3.20. The Labute approximate surface area is 107 Å². The van der Waals surface area contributed by atoms with E-state index in [-0.39, 0.29) is 23.8 Å². The van der Waals surface area contributed by atoms with E-state index >= 15 is 0 Å². The lowest BCUT2D eigenvalue weighted by atomic mass is 10.1. The van der Waals surface area contributed by atoms with Crippen LogP contribution in [0.5, 0.6) is 0 Å². The van der Waals surface area contributed by atoms with Gasteiger partial charge in [-0.3, -0.25) is 9.59 Å². The zero-order valence-corrected chi connectivity index (χ0v) is 11.0. The minimum atomic E-state index is -0.205. The third-order valence-electron chi connectivity index (χ3n) is 3.56. The van der Waals surface area contributed by atoms with Crippen LogP contribution in [0.25, 0.3) is 0 Å². The lowest BCUT2D eigenvalue weighted by Gasteiger charge is -2.30. The topological polar surface area (TPSA) is 61.9 Å². The van der Waals surface area contributed by atoms with Gasteiger partial charge in [-0.2, -0.15) is 0 Å². The van der Waals surface area contributed by atoms with Crippen molar-refractivity contribution in [1.82, 2.24) is 15.1 Å². The van der Waals surface area contributed by atoms with Crippen molar-refractivity contribution in [1.29, 1.82) is 0 Å². The van der Waals surface area contributed by atoms with Gasteiger partial charge in [0.1, 0.15) is 0 Å². The number of morpholine rings is 1. The van der Waals surface area contributed by atoms with Gasteiger partial charge in [0.2, 0.25) is 11.8 Å². The second kappa shape index (κ2) is 5.67. The van der Waals surface area contributed by atoms with Gasteiger partial charge in [0.25, 0.3) is 0 Å². The van der Waals surface area contributed by atoms with Gasteiger partial charge < -0.3 is 19.9 Å². The number of nitrogens with zero attached hydrogens (tertiary/aromatic N) is 2. The molecule has 0 aliphatic carbocycles. The van der Waals surface area contributed by atoms with Crippen molar-refractivity contribution < 1.29 is 14.3 Å². The van der Waals surface area contributed by atoms with E-state index in [0.717, 1.165) is 13.1 Å². The van der Waals surface area contributed by atoms with Crippen LogP contribution in [0.4, 0.5) is 0 Å². The number of likely N-dealkylation sites (tertiary alicyclic amines) is 1. The molecule has 0 radical (unpaired) electrons. The van der Waals surface area contributed by atoms with Gasteiger partial charge in [0, 0.05) is 39.6 Å². The van der Waals surface area contributed by atoms with E-state index in [1.807, 2.05) is 7.05 Å². The Hall–Kier alpha value is -1.14. The van der Waals surface area contributed by atoms with Crippen molar-refractivity contribution in [2.75, 3.05) is 46.9 Å². The molecule has 2 aliphatic rings. The van der Waals surface area contributed by atoms with Crippen molar-refractivity contribution in [3.63, 3.8) is 0 Å². The Bertz CT molecular complexity index is 335. The van der Waals surface area contributed by atoms with E-state index in [1.54, 1.807) is 11.9 Å². The quantitative estimate of drug-likeness (QED) is 0.696. The Morgan fingerprint density at radius 1 is 1.44 bits per heavy atom. The van der Waals surface area contributed by atoms with E-state index in [1.165, 1.54) is 0 Å². The summed E-state index contributed by atoms with van der Waals surface area (Å²) in [6, 6.07) is 0. The fourth-order valence-corrected chi connectivity index (χ4v) is 2.39. The van der Waals surface area contributed by atoms with Crippen LogP contribution in [0.2, 0.25) is 0 Å². The van der Waals surface area contributed by atoms with Gasteiger partial charge in [-0.1, -0.05) is 0 Å². The van der Waals surface area contributed by atoms with Gasteiger partial charge in [0.05, 0.1) is 18.6 Å². The van der Waals surface area contributed by atoms with Crippen LogP contribution in [0, 0.1) is 5.92 Å². The van der Waals surface area contributed by atoms with Gasteiger partial charge in [0.15, 0.2) is 0 Å². The Morgan fingerprint density at radius 3 is 2.83 bits per heavy atom. The molecule has 0 spiro atoms. The highest BCUT2D eigenvalue weighted by atomic mass is 16.5. The normalized spacial score (nSPS) is 29.7. The lowest BCUT2D eigenvalue weighted by molar-refractivity contribution is -0.128. The smallest absolute Gasteiger partial charge is 0.225 e. The minimum Gasteiger partial charge on any atom is -0.374 e. The predicted molar refractivity (Wildman–Crippen MR) is 66.0 cm³/mol. The van der Waals surface area contributed by atoms with E-state index < -0.39 is 0 Å². The van der Waals surface area contributed by atoms with Crippen molar-refractivity contribution in [3.8, 4) is 0 Å². The number of hydrogen-bond acceptors (Lipinski definition) is 4. The minimum absolute atomic E-state index is 0.0375. The van der Waals surface area contributed by atoms with Crippen LogP contribution in [-0.4, -0.2) is 74.6 Å². The fraction of sp³-hybridized carbons (Fsp3) is 0.833. The Morgan fingerprint density at radius 2 is 2.22 bits per heavy atom. The largest absolute Gasteiger partial charge is 0.374 e. The Kier molecular flexibility index (Phi) is 4.19. The van der Waals surface area contributed by atoms with E-state index in [4.69, 9.17) is 4.74 Å². The van der Waals surface area contributed by atoms with Gasteiger partial charge in [-0.05, 0) is 7.05 Å². The Balaban J connectivity index is 1.73. The summed E-state index contributed by atoms with van der Waals surface area (Å²) in [6.07, 6.45) is 0.385. The second-order valence-electron chi connectivity index (χ2n) is 5.18. The molecule has 0 aromatic carbocycles. The summed E-state index contributed by atoms with van der Waals surface area (Å²) in [6.45, 7) is 3.53. The number of carbonyl (C=O) groups excluding carboxylic acids is 2. The summed E-state index contributed by atoms with van der Waals surface area (Å²) in [5.74, 6) is -0.197. The molecule has 2 amide bonds. The molecule has 0 bridgehead atoms. The zero-order valence-electron chi connectivity index (χ0n) is 11.0. The molecule has 102 valence electrons. The summed E-state index contributed by atoms with van der Waals surface area (Å²) in [5, 5.41) is 2.89. The second-order valence-corrected chi connectivity index (χ2v) is 5.18. The number of ether oxygens (including phenoxy) is 1. The van der Waals surface area contributed by atoms with E-state index in [2.05, 4.69) is 10.2 Å². The number of carbonyl (C=O) groups is 2. The van der Waals surface area contributed by atoms with Crippen molar-refractivity contribution >= 4 is 11.8 Å². The van der Waals surface area contributed by atoms with Crippen molar-refractivity contribution in [2.24, 2.45) is 5.92 Å². The summed E-state index contributed by atoms with van der Waals surface area (Å²) in [7, 11) is 3.77. The highest BCUT2D eigenvalue weighted by Gasteiger charge is 2.32. The number of nitrogens with one attached hydrogen (secondary N) is 1. The first-order valence-corrected chi connectivity index (χ1v) is 6.38. The van der Waals surface area contributed by atoms with Crippen LogP contribution in [0.1, 0.15) is 6.42 Å². The molecule has 2 rings (SSSR count). The molecule has 2 atom stereocenters. The van der Waals surface area contributed by atoms with Crippen LogP contribution >= 0.6 is 0 Å². The molecule has 0 aromatic heterocycles. The highest BCUT2D eigenvalue weighted by Crippen LogP contribution is 2.15. The molecule has 18 heavy (non-hydrogen) atoms. The molecule has 6 nitrogen and oxygen atoms in total. The number of likely N-dealkylation sites (N-methyl/N-ethyl adjacent to an activating group) is 1.